The van der Waals surface area contributed by atoms with Crippen LogP contribution in [0.25, 0.3) is 0 Å². The zero-order chi connectivity index (χ0) is 12.8. The maximum Gasteiger partial charge on any atom is 0.166 e. The third kappa shape index (κ3) is 2.82. The molecule has 0 unspecified atom stereocenters. The molecule has 0 aliphatic carbocycles. The summed E-state index contributed by atoms with van der Waals surface area (Å²) in [6, 6.07) is 6.70. The first-order valence-electron chi connectivity index (χ1n) is 5.35. The van der Waals surface area contributed by atoms with Crippen molar-refractivity contribution in [2.75, 3.05) is 7.11 Å². The van der Waals surface area contributed by atoms with Crippen LogP contribution in [0.2, 0.25) is 0 Å². The van der Waals surface area contributed by atoms with Crippen LogP contribution in [0.3, 0.4) is 0 Å². The van der Waals surface area contributed by atoms with E-state index in [1.165, 1.54) is 0 Å². The number of aldehydes is 1. The zero-order valence-electron chi connectivity index (χ0n) is 9.87. The van der Waals surface area contributed by atoms with Crippen molar-refractivity contribution in [1.82, 2.24) is 9.97 Å². The van der Waals surface area contributed by atoms with E-state index in [2.05, 4.69) is 9.97 Å². The lowest BCUT2D eigenvalue weighted by atomic mass is 10.2. The summed E-state index contributed by atoms with van der Waals surface area (Å²) in [5.74, 6) is 1.63. The second kappa shape index (κ2) is 5.77. The molecule has 5 nitrogen and oxygen atoms in total. The number of carbonyl (C=O) groups excluding carboxylic acids is 1. The van der Waals surface area contributed by atoms with Gasteiger partial charge in [0.15, 0.2) is 17.3 Å². The van der Waals surface area contributed by atoms with Crippen molar-refractivity contribution in [3.05, 3.63) is 48.0 Å². The van der Waals surface area contributed by atoms with Crippen molar-refractivity contribution < 1.29 is 14.3 Å². The highest BCUT2D eigenvalue weighted by Crippen LogP contribution is 2.27. The van der Waals surface area contributed by atoms with Crippen LogP contribution < -0.4 is 9.47 Å². The van der Waals surface area contributed by atoms with Crippen LogP contribution in [-0.4, -0.2) is 23.4 Å². The highest BCUT2D eigenvalue weighted by Gasteiger charge is 2.06. The van der Waals surface area contributed by atoms with E-state index in [0.29, 0.717) is 22.9 Å². The summed E-state index contributed by atoms with van der Waals surface area (Å²) in [6.07, 6.45) is 4.04. The molecular weight excluding hydrogens is 232 g/mol. The number of hydrogen-bond donors (Lipinski definition) is 0. The fourth-order valence-corrected chi connectivity index (χ4v) is 1.43. The van der Waals surface area contributed by atoms with Gasteiger partial charge in [0.1, 0.15) is 12.9 Å². The Balaban J connectivity index is 2.15. The number of aromatic nitrogens is 2. The Bertz CT molecular complexity index is 529. The molecule has 0 bridgehead atoms. The minimum absolute atomic E-state index is 0.222. The standard InChI is InChI=1S/C13H12N2O3/c1-17-11-4-3-10(8-16)7-12(11)18-9-13-14-5-2-6-15-13/h2-8H,9H2,1H3. The first-order chi connectivity index (χ1) is 8.83. The highest BCUT2D eigenvalue weighted by atomic mass is 16.5. The van der Waals surface area contributed by atoms with E-state index in [1.54, 1.807) is 43.8 Å². The average Bonchev–Trinajstić information content (AvgIpc) is 2.45. The molecule has 5 heteroatoms. The first-order valence-corrected chi connectivity index (χ1v) is 5.35. The van der Waals surface area contributed by atoms with Gasteiger partial charge in [-0.05, 0) is 24.3 Å². The molecule has 0 aliphatic heterocycles. The monoisotopic (exact) mass is 244 g/mol. The number of ether oxygens (including phenoxy) is 2. The normalized spacial score (nSPS) is 9.83. The predicted molar refractivity (Wildman–Crippen MR) is 64.7 cm³/mol. The van der Waals surface area contributed by atoms with E-state index in [1.807, 2.05) is 0 Å². The summed E-state index contributed by atoms with van der Waals surface area (Å²) in [6.45, 7) is 0.222. The van der Waals surface area contributed by atoms with Gasteiger partial charge >= 0.3 is 0 Å². The summed E-state index contributed by atoms with van der Waals surface area (Å²) in [7, 11) is 1.54. The third-order valence-electron chi connectivity index (χ3n) is 2.30. The van der Waals surface area contributed by atoms with Gasteiger partial charge in [-0.1, -0.05) is 0 Å². The van der Waals surface area contributed by atoms with Crippen molar-refractivity contribution in [3.63, 3.8) is 0 Å². The van der Waals surface area contributed by atoms with Crippen LogP contribution in [-0.2, 0) is 6.61 Å². The molecule has 0 radical (unpaired) electrons. The molecule has 0 atom stereocenters. The molecule has 1 aromatic carbocycles. The second-order valence-corrected chi connectivity index (χ2v) is 3.48. The summed E-state index contributed by atoms with van der Waals surface area (Å²) in [5.41, 5.74) is 0.528. The molecule has 0 saturated carbocycles. The minimum Gasteiger partial charge on any atom is -0.493 e. The van der Waals surface area contributed by atoms with Crippen molar-refractivity contribution in [2.24, 2.45) is 0 Å². The zero-order valence-corrected chi connectivity index (χ0v) is 9.87. The average molecular weight is 244 g/mol. The molecule has 1 heterocycles. The molecule has 2 aromatic rings. The number of benzene rings is 1. The Kier molecular flexibility index (Phi) is 3.86. The molecule has 0 spiro atoms. The maximum absolute atomic E-state index is 10.7. The second-order valence-electron chi connectivity index (χ2n) is 3.48. The van der Waals surface area contributed by atoms with Crippen molar-refractivity contribution >= 4 is 6.29 Å². The molecule has 0 amide bonds. The number of nitrogens with zero attached hydrogens (tertiary/aromatic N) is 2. The number of hydrogen-bond acceptors (Lipinski definition) is 5. The van der Waals surface area contributed by atoms with Gasteiger partial charge in [-0.25, -0.2) is 9.97 Å². The van der Waals surface area contributed by atoms with Crippen molar-refractivity contribution in [2.45, 2.75) is 6.61 Å². The predicted octanol–water partition coefficient (Wildman–Crippen LogP) is 1.88. The quantitative estimate of drug-likeness (QED) is 0.751. The minimum atomic E-state index is 0.222. The van der Waals surface area contributed by atoms with E-state index in [0.717, 1.165) is 6.29 Å². The molecule has 0 saturated heterocycles. The largest absolute Gasteiger partial charge is 0.493 e. The Morgan fingerprint density at radius 1 is 1.22 bits per heavy atom. The van der Waals surface area contributed by atoms with E-state index in [4.69, 9.17) is 9.47 Å². The van der Waals surface area contributed by atoms with Gasteiger partial charge in [0, 0.05) is 18.0 Å². The van der Waals surface area contributed by atoms with Crippen molar-refractivity contribution in [1.29, 1.82) is 0 Å². The smallest absolute Gasteiger partial charge is 0.166 e. The Morgan fingerprint density at radius 2 is 2.00 bits per heavy atom. The Morgan fingerprint density at radius 3 is 2.67 bits per heavy atom. The van der Waals surface area contributed by atoms with Crippen LogP contribution in [0.15, 0.2) is 36.7 Å². The Hall–Kier alpha value is -2.43. The fraction of sp³-hybridized carbons (Fsp3) is 0.154. The maximum atomic E-state index is 10.7. The van der Waals surface area contributed by atoms with Gasteiger partial charge in [-0.15, -0.1) is 0 Å². The lowest BCUT2D eigenvalue weighted by molar-refractivity contribution is 0.112. The number of methoxy groups -OCH3 is 1. The van der Waals surface area contributed by atoms with Gasteiger partial charge < -0.3 is 9.47 Å². The van der Waals surface area contributed by atoms with E-state index in [9.17, 15) is 4.79 Å². The van der Waals surface area contributed by atoms with Crippen LogP contribution >= 0.6 is 0 Å². The molecular formula is C13H12N2O3. The van der Waals surface area contributed by atoms with Gasteiger partial charge in [-0.2, -0.15) is 0 Å². The lowest BCUT2D eigenvalue weighted by Gasteiger charge is -2.10. The van der Waals surface area contributed by atoms with E-state index >= 15 is 0 Å². The molecule has 92 valence electrons. The van der Waals surface area contributed by atoms with Crippen LogP contribution in [0.5, 0.6) is 11.5 Å². The molecule has 18 heavy (non-hydrogen) atoms. The van der Waals surface area contributed by atoms with Crippen LogP contribution in [0, 0.1) is 0 Å². The SMILES string of the molecule is COc1ccc(C=O)cc1OCc1ncccn1. The molecule has 0 fully saturated rings. The first kappa shape index (κ1) is 12.0. The van der Waals surface area contributed by atoms with Gasteiger partial charge in [0.05, 0.1) is 7.11 Å². The van der Waals surface area contributed by atoms with Crippen LogP contribution in [0.4, 0.5) is 0 Å². The Labute approximate surface area is 104 Å². The topological polar surface area (TPSA) is 61.3 Å². The molecule has 0 aliphatic rings. The molecule has 2 rings (SSSR count). The summed E-state index contributed by atoms with van der Waals surface area (Å²) in [5, 5.41) is 0. The lowest BCUT2D eigenvalue weighted by Crippen LogP contribution is -2.02. The van der Waals surface area contributed by atoms with Gasteiger partial charge in [0.25, 0.3) is 0 Å². The van der Waals surface area contributed by atoms with E-state index < -0.39 is 0 Å². The summed E-state index contributed by atoms with van der Waals surface area (Å²) in [4.78, 5) is 18.8. The summed E-state index contributed by atoms with van der Waals surface area (Å²) >= 11 is 0. The highest BCUT2D eigenvalue weighted by molar-refractivity contribution is 5.76. The summed E-state index contributed by atoms with van der Waals surface area (Å²) < 4.78 is 10.7. The molecule has 1 aromatic heterocycles. The third-order valence-corrected chi connectivity index (χ3v) is 2.30. The number of carbonyl (C=O) groups is 1. The van der Waals surface area contributed by atoms with Gasteiger partial charge in [0.2, 0.25) is 0 Å². The van der Waals surface area contributed by atoms with Gasteiger partial charge in [-0.3, -0.25) is 4.79 Å². The van der Waals surface area contributed by atoms with Crippen LogP contribution in [0.1, 0.15) is 16.2 Å². The molecule has 0 N–H and O–H groups in total. The van der Waals surface area contributed by atoms with E-state index in [-0.39, 0.29) is 6.61 Å². The van der Waals surface area contributed by atoms with Crippen molar-refractivity contribution in [3.8, 4) is 11.5 Å². The number of rotatable bonds is 5. The fourth-order valence-electron chi connectivity index (χ4n) is 1.43.